The zero-order chi connectivity index (χ0) is 28.3. The van der Waals surface area contributed by atoms with E-state index in [1.54, 1.807) is 60.7 Å². The summed E-state index contributed by atoms with van der Waals surface area (Å²) in [6.07, 6.45) is 3.81. The summed E-state index contributed by atoms with van der Waals surface area (Å²) in [6, 6.07) is 22.6. The molecule has 0 aliphatic rings. The van der Waals surface area contributed by atoms with Gasteiger partial charge in [0.15, 0.2) is 0 Å². The van der Waals surface area contributed by atoms with Gasteiger partial charge in [0.25, 0.3) is 0 Å². The van der Waals surface area contributed by atoms with E-state index < -0.39 is 34.3 Å². The Bertz CT molecular complexity index is 1300. The molecule has 2 amide bonds. The number of nitrogens with one attached hydrogen (secondary N) is 1. The van der Waals surface area contributed by atoms with E-state index in [-0.39, 0.29) is 19.0 Å². The minimum absolute atomic E-state index is 0.00895. The van der Waals surface area contributed by atoms with Gasteiger partial charge >= 0.3 is 0 Å². The molecular formula is C30H36FN3O4S. The summed E-state index contributed by atoms with van der Waals surface area (Å²) < 4.78 is 40.1. The fourth-order valence-corrected chi connectivity index (χ4v) is 4.95. The van der Waals surface area contributed by atoms with Gasteiger partial charge in [-0.3, -0.25) is 9.59 Å². The lowest BCUT2D eigenvalue weighted by atomic mass is 10.0. The molecule has 0 aliphatic heterocycles. The highest BCUT2D eigenvalue weighted by Crippen LogP contribution is 2.25. The van der Waals surface area contributed by atoms with Crippen LogP contribution in [0.3, 0.4) is 0 Å². The second kappa shape index (κ2) is 14.6. The third kappa shape index (κ3) is 9.30. The van der Waals surface area contributed by atoms with Gasteiger partial charge in [-0.25, -0.2) is 12.8 Å². The van der Waals surface area contributed by atoms with Crippen LogP contribution in [0.5, 0.6) is 0 Å². The minimum atomic E-state index is -3.77. The molecule has 39 heavy (non-hydrogen) atoms. The number of benzene rings is 3. The van der Waals surface area contributed by atoms with E-state index >= 15 is 0 Å². The summed E-state index contributed by atoms with van der Waals surface area (Å²) in [7, 11) is -3.77. The number of carbonyl (C=O) groups excluding carboxylic acids is 2. The van der Waals surface area contributed by atoms with Crippen LogP contribution >= 0.6 is 0 Å². The van der Waals surface area contributed by atoms with Gasteiger partial charge < -0.3 is 10.2 Å². The first-order chi connectivity index (χ1) is 18.7. The monoisotopic (exact) mass is 553 g/mol. The minimum Gasteiger partial charge on any atom is -0.354 e. The first-order valence-electron chi connectivity index (χ1n) is 13.0. The van der Waals surface area contributed by atoms with Gasteiger partial charge in [0.2, 0.25) is 21.8 Å². The zero-order valence-corrected chi connectivity index (χ0v) is 23.2. The fourth-order valence-electron chi connectivity index (χ4n) is 4.22. The van der Waals surface area contributed by atoms with E-state index in [0.717, 1.165) is 35.4 Å². The van der Waals surface area contributed by atoms with Gasteiger partial charge in [-0.2, -0.15) is 4.31 Å². The maximum Gasteiger partial charge on any atom is 0.247 e. The molecule has 3 aromatic carbocycles. The first-order valence-corrected chi connectivity index (χ1v) is 14.9. The van der Waals surface area contributed by atoms with Crippen LogP contribution in [0, 0.1) is 5.82 Å². The molecule has 1 atom stereocenters. The summed E-state index contributed by atoms with van der Waals surface area (Å²) >= 11 is 0. The number of amides is 2. The maximum absolute atomic E-state index is 13.9. The highest BCUT2D eigenvalue weighted by molar-refractivity contribution is 7.88. The van der Waals surface area contributed by atoms with Crippen LogP contribution < -0.4 is 5.32 Å². The van der Waals surface area contributed by atoms with Crippen LogP contribution in [0.15, 0.2) is 84.9 Å². The standard InChI is InChI=1S/C30H36FN3O4S/c1-3-4-11-20-32-30(36)29(26-14-9-6-10-15-26)34(22-25-16-18-27(31)19-17-25)28(35)23-33(39(2,37)38)21-24-12-7-5-8-13-24/h5-10,12-19,29H,3-4,11,20-23H2,1-2H3,(H,32,36)/t29-/m0/s1. The molecule has 0 heterocycles. The Hall–Kier alpha value is -3.56. The number of hydrogen-bond donors (Lipinski definition) is 1. The molecular weight excluding hydrogens is 517 g/mol. The van der Waals surface area contributed by atoms with E-state index in [1.807, 2.05) is 12.1 Å². The largest absolute Gasteiger partial charge is 0.354 e. The Morgan fingerprint density at radius 3 is 2.03 bits per heavy atom. The molecule has 0 aromatic heterocycles. The summed E-state index contributed by atoms with van der Waals surface area (Å²) in [6.45, 7) is 2.07. The number of sulfonamides is 1. The van der Waals surface area contributed by atoms with Gasteiger partial charge in [-0.15, -0.1) is 0 Å². The van der Waals surface area contributed by atoms with Crippen molar-refractivity contribution in [2.75, 3.05) is 19.3 Å². The van der Waals surface area contributed by atoms with Gasteiger partial charge in [0.1, 0.15) is 11.9 Å². The van der Waals surface area contributed by atoms with E-state index in [0.29, 0.717) is 17.7 Å². The summed E-state index contributed by atoms with van der Waals surface area (Å²) in [5.74, 6) is -1.32. The Kier molecular flexibility index (Phi) is 11.2. The Balaban J connectivity index is 1.98. The normalized spacial score (nSPS) is 12.2. The van der Waals surface area contributed by atoms with Crippen LogP contribution in [0.25, 0.3) is 0 Å². The highest BCUT2D eigenvalue weighted by Gasteiger charge is 2.33. The molecule has 0 bridgehead atoms. The molecule has 0 radical (unpaired) electrons. The molecule has 0 aliphatic carbocycles. The van der Waals surface area contributed by atoms with Crippen molar-refractivity contribution in [2.45, 2.75) is 45.3 Å². The number of unbranched alkanes of at least 4 members (excludes halogenated alkanes) is 2. The average molecular weight is 554 g/mol. The van der Waals surface area contributed by atoms with Crippen molar-refractivity contribution in [1.29, 1.82) is 0 Å². The van der Waals surface area contributed by atoms with Crippen molar-refractivity contribution >= 4 is 21.8 Å². The van der Waals surface area contributed by atoms with E-state index in [9.17, 15) is 22.4 Å². The molecule has 1 N–H and O–H groups in total. The average Bonchev–Trinajstić information content (AvgIpc) is 2.92. The van der Waals surface area contributed by atoms with Crippen LogP contribution in [0.4, 0.5) is 4.39 Å². The molecule has 3 aromatic rings. The molecule has 0 saturated carbocycles. The predicted molar refractivity (Wildman–Crippen MR) is 150 cm³/mol. The predicted octanol–water partition coefficient (Wildman–Crippen LogP) is 4.66. The molecule has 0 spiro atoms. The zero-order valence-electron chi connectivity index (χ0n) is 22.4. The summed E-state index contributed by atoms with van der Waals surface area (Å²) in [5, 5.41) is 2.95. The van der Waals surface area contributed by atoms with Crippen molar-refractivity contribution in [3.63, 3.8) is 0 Å². The molecule has 208 valence electrons. The van der Waals surface area contributed by atoms with Crippen molar-refractivity contribution < 1.29 is 22.4 Å². The van der Waals surface area contributed by atoms with Gasteiger partial charge in [-0.05, 0) is 35.2 Å². The van der Waals surface area contributed by atoms with Crippen LogP contribution in [0.2, 0.25) is 0 Å². The molecule has 0 unspecified atom stereocenters. The molecule has 0 saturated heterocycles. The number of carbonyl (C=O) groups is 2. The quantitative estimate of drug-likeness (QED) is 0.294. The van der Waals surface area contributed by atoms with Gasteiger partial charge in [0, 0.05) is 19.6 Å². The van der Waals surface area contributed by atoms with E-state index in [1.165, 1.54) is 17.0 Å². The maximum atomic E-state index is 13.9. The lowest BCUT2D eigenvalue weighted by molar-refractivity contribution is -0.141. The third-order valence-corrected chi connectivity index (χ3v) is 7.52. The number of rotatable bonds is 14. The SMILES string of the molecule is CCCCCNC(=O)[C@H](c1ccccc1)N(Cc1ccc(F)cc1)C(=O)CN(Cc1ccccc1)S(C)(=O)=O. The second-order valence-electron chi connectivity index (χ2n) is 9.48. The van der Waals surface area contributed by atoms with Crippen LogP contribution in [0.1, 0.15) is 48.9 Å². The smallest absolute Gasteiger partial charge is 0.247 e. The third-order valence-electron chi connectivity index (χ3n) is 6.32. The second-order valence-corrected chi connectivity index (χ2v) is 11.5. The molecule has 3 rings (SSSR count). The molecule has 7 nitrogen and oxygen atoms in total. The van der Waals surface area contributed by atoms with Crippen molar-refractivity contribution in [2.24, 2.45) is 0 Å². The topological polar surface area (TPSA) is 86.8 Å². The van der Waals surface area contributed by atoms with Crippen LogP contribution in [-0.2, 0) is 32.7 Å². The summed E-state index contributed by atoms with van der Waals surface area (Å²) in [4.78, 5) is 28.9. The lowest BCUT2D eigenvalue weighted by Gasteiger charge is -2.33. The van der Waals surface area contributed by atoms with Gasteiger partial charge in [-0.1, -0.05) is 92.6 Å². The fraction of sp³-hybridized carbons (Fsp3) is 0.333. The van der Waals surface area contributed by atoms with Crippen molar-refractivity contribution in [1.82, 2.24) is 14.5 Å². The van der Waals surface area contributed by atoms with E-state index in [2.05, 4.69) is 12.2 Å². The first kappa shape index (κ1) is 30.0. The highest BCUT2D eigenvalue weighted by atomic mass is 32.2. The lowest BCUT2D eigenvalue weighted by Crippen LogP contribution is -2.47. The van der Waals surface area contributed by atoms with Gasteiger partial charge in [0.05, 0.1) is 12.8 Å². The van der Waals surface area contributed by atoms with Crippen molar-refractivity contribution in [3.8, 4) is 0 Å². The Morgan fingerprint density at radius 1 is 0.846 bits per heavy atom. The molecule has 0 fully saturated rings. The van der Waals surface area contributed by atoms with Crippen LogP contribution in [-0.4, -0.2) is 48.8 Å². The van der Waals surface area contributed by atoms with E-state index in [4.69, 9.17) is 0 Å². The number of hydrogen-bond acceptors (Lipinski definition) is 4. The van der Waals surface area contributed by atoms with Crippen molar-refractivity contribution in [3.05, 3.63) is 107 Å². The summed E-state index contributed by atoms with van der Waals surface area (Å²) in [5.41, 5.74) is 1.93. The molecule has 9 heteroatoms. The Morgan fingerprint density at radius 2 is 1.44 bits per heavy atom. The number of nitrogens with zero attached hydrogens (tertiary/aromatic N) is 2. The Labute approximate surface area is 230 Å². The number of halogens is 1.